The van der Waals surface area contributed by atoms with E-state index in [1.165, 1.54) is 4.90 Å². The maximum absolute atomic E-state index is 12.8. The van der Waals surface area contributed by atoms with Crippen LogP contribution >= 0.6 is 15.9 Å². The second-order valence-electron chi connectivity index (χ2n) is 4.67. The molecule has 21 heavy (non-hydrogen) atoms. The minimum Gasteiger partial charge on any atom is -0.294 e. The van der Waals surface area contributed by atoms with Crippen LogP contribution in [0.5, 0.6) is 0 Å². The first-order valence-corrected chi connectivity index (χ1v) is 7.20. The summed E-state index contributed by atoms with van der Waals surface area (Å²) in [6.45, 7) is 1.83. The maximum Gasteiger partial charge on any atom is 0.278 e. The lowest BCUT2D eigenvalue weighted by atomic mass is 10.3. The Bertz CT molecular complexity index is 813. The average molecular weight is 345 g/mol. The molecule has 0 saturated carbocycles. The summed E-state index contributed by atoms with van der Waals surface area (Å²) in [6, 6.07) is 9.24. The number of amides is 1. The molecule has 0 spiro atoms. The topological polar surface area (TPSA) is 50.5 Å². The van der Waals surface area contributed by atoms with E-state index < -0.39 is 0 Å². The Morgan fingerprint density at radius 1 is 1.29 bits per heavy atom. The molecule has 0 atom stereocenters. The minimum absolute atomic E-state index is 0.142. The fourth-order valence-electron chi connectivity index (χ4n) is 2.21. The molecule has 3 aromatic heterocycles. The number of imidazole rings is 1. The van der Waals surface area contributed by atoms with E-state index in [4.69, 9.17) is 0 Å². The van der Waals surface area contributed by atoms with Gasteiger partial charge in [-0.05, 0) is 47.1 Å². The molecule has 3 rings (SSSR count). The molecule has 3 heterocycles. The zero-order valence-corrected chi connectivity index (χ0v) is 13.2. The molecule has 0 aliphatic carbocycles. The van der Waals surface area contributed by atoms with E-state index in [0.717, 1.165) is 10.1 Å². The van der Waals surface area contributed by atoms with Gasteiger partial charge in [-0.3, -0.25) is 14.1 Å². The van der Waals surface area contributed by atoms with Crippen LogP contribution in [0.25, 0.3) is 5.65 Å². The van der Waals surface area contributed by atoms with Crippen LogP contribution in [0.15, 0.2) is 47.2 Å². The van der Waals surface area contributed by atoms with Crippen molar-refractivity contribution in [1.82, 2.24) is 14.4 Å². The predicted molar refractivity (Wildman–Crippen MR) is 84.6 cm³/mol. The Hall–Kier alpha value is -2.21. The standard InChI is InChI=1S/C15H13BrN4O/c1-10-14(20-9-11(16)6-7-13(20)18-10)15(21)19(2)12-5-3-4-8-17-12/h3-9H,1-2H3. The van der Waals surface area contributed by atoms with Gasteiger partial charge in [0.2, 0.25) is 0 Å². The van der Waals surface area contributed by atoms with E-state index in [2.05, 4.69) is 25.9 Å². The van der Waals surface area contributed by atoms with Crippen molar-refractivity contribution >= 4 is 33.3 Å². The molecule has 0 aliphatic heterocycles. The third kappa shape index (κ3) is 2.42. The molecule has 5 nitrogen and oxygen atoms in total. The summed E-state index contributed by atoms with van der Waals surface area (Å²) in [6.07, 6.45) is 3.51. The Morgan fingerprint density at radius 2 is 2.10 bits per heavy atom. The van der Waals surface area contributed by atoms with Crippen molar-refractivity contribution in [1.29, 1.82) is 0 Å². The minimum atomic E-state index is -0.142. The first kappa shape index (κ1) is 13.8. The van der Waals surface area contributed by atoms with Crippen LogP contribution in [0.4, 0.5) is 5.82 Å². The molecule has 0 aliphatic rings. The number of carbonyl (C=O) groups is 1. The van der Waals surface area contributed by atoms with E-state index in [1.807, 2.05) is 37.4 Å². The van der Waals surface area contributed by atoms with Gasteiger partial charge in [0.05, 0.1) is 5.69 Å². The SMILES string of the molecule is Cc1nc2ccc(Br)cn2c1C(=O)N(C)c1ccccn1. The number of hydrogen-bond acceptors (Lipinski definition) is 3. The van der Waals surface area contributed by atoms with Gasteiger partial charge in [-0.15, -0.1) is 0 Å². The lowest BCUT2D eigenvalue weighted by Gasteiger charge is -2.16. The molecule has 3 aromatic rings. The predicted octanol–water partition coefficient (Wildman–Crippen LogP) is 3.08. The number of pyridine rings is 2. The normalized spacial score (nSPS) is 10.8. The molecule has 0 unspecified atom stereocenters. The molecular formula is C15H13BrN4O. The molecule has 0 N–H and O–H groups in total. The number of anilines is 1. The Kier molecular flexibility index (Phi) is 3.47. The Balaban J connectivity index is 2.09. The van der Waals surface area contributed by atoms with Gasteiger partial charge in [-0.25, -0.2) is 9.97 Å². The van der Waals surface area contributed by atoms with Crippen molar-refractivity contribution in [3.63, 3.8) is 0 Å². The van der Waals surface area contributed by atoms with Gasteiger partial charge in [-0.1, -0.05) is 6.07 Å². The van der Waals surface area contributed by atoms with Crippen LogP contribution in [-0.2, 0) is 0 Å². The van der Waals surface area contributed by atoms with Crippen LogP contribution in [0.3, 0.4) is 0 Å². The molecule has 0 aromatic carbocycles. The second kappa shape index (κ2) is 5.29. The number of carbonyl (C=O) groups excluding carboxylic acids is 1. The van der Waals surface area contributed by atoms with E-state index in [9.17, 15) is 4.79 Å². The lowest BCUT2D eigenvalue weighted by molar-refractivity contribution is 0.0986. The van der Waals surface area contributed by atoms with E-state index in [-0.39, 0.29) is 5.91 Å². The third-order valence-electron chi connectivity index (χ3n) is 3.26. The van der Waals surface area contributed by atoms with Crippen molar-refractivity contribution in [2.75, 3.05) is 11.9 Å². The molecule has 6 heteroatoms. The number of aromatic nitrogens is 3. The van der Waals surface area contributed by atoms with Gasteiger partial charge < -0.3 is 0 Å². The average Bonchev–Trinajstić information content (AvgIpc) is 2.82. The van der Waals surface area contributed by atoms with Crippen LogP contribution in [-0.4, -0.2) is 27.3 Å². The maximum atomic E-state index is 12.8. The second-order valence-corrected chi connectivity index (χ2v) is 5.59. The monoisotopic (exact) mass is 344 g/mol. The molecule has 0 radical (unpaired) electrons. The lowest BCUT2D eigenvalue weighted by Crippen LogP contribution is -2.28. The van der Waals surface area contributed by atoms with Gasteiger partial charge in [0.15, 0.2) is 0 Å². The molecule has 1 amide bonds. The van der Waals surface area contributed by atoms with E-state index >= 15 is 0 Å². The Labute approximate surface area is 130 Å². The van der Waals surface area contributed by atoms with Crippen molar-refractivity contribution < 1.29 is 4.79 Å². The van der Waals surface area contributed by atoms with Crippen molar-refractivity contribution in [3.8, 4) is 0 Å². The van der Waals surface area contributed by atoms with Gasteiger partial charge >= 0.3 is 0 Å². The van der Waals surface area contributed by atoms with Crippen LogP contribution in [0, 0.1) is 6.92 Å². The highest BCUT2D eigenvalue weighted by Crippen LogP contribution is 2.19. The summed E-state index contributed by atoms with van der Waals surface area (Å²) in [5.41, 5.74) is 1.98. The van der Waals surface area contributed by atoms with Gasteiger partial charge in [-0.2, -0.15) is 0 Å². The number of aryl methyl sites for hydroxylation is 1. The summed E-state index contributed by atoms with van der Waals surface area (Å²) in [5.74, 6) is 0.462. The summed E-state index contributed by atoms with van der Waals surface area (Å²) in [7, 11) is 1.71. The van der Waals surface area contributed by atoms with Gasteiger partial charge in [0.25, 0.3) is 5.91 Å². The van der Waals surface area contributed by atoms with Crippen LogP contribution in [0.2, 0.25) is 0 Å². The summed E-state index contributed by atoms with van der Waals surface area (Å²) in [4.78, 5) is 22.9. The zero-order valence-electron chi connectivity index (χ0n) is 11.6. The summed E-state index contributed by atoms with van der Waals surface area (Å²) >= 11 is 3.42. The first-order chi connectivity index (χ1) is 10.1. The third-order valence-corrected chi connectivity index (χ3v) is 3.73. The van der Waals surface area contributed by atoms with Crippen molar-refractivity contribution in [3.05, 3.63) is 58.6 Å². The number of hydrogen-bond donors (Lipinski definition) is 0. The number of fused-ring (bicyclic) bond motifs is 1. The molecular weight excluding hydrogens is 332 g/mol. The summed E-state index contributed by atoms with van der Waals surface area (Å²) in [5, 5.41) is 0. The van der Waals surface area contributed by atoms with E-state index in [1.54, 1.807) is 23.7 Å². The van der Waals surface area contributed by atoms with Crippen LogP contribution < -0.4 is 4.90 Å². The fraction of sp³-hybridized carbons (Fsp3) is 0.133. The molecule has 0 saturated heterocycles. The quantitative estimate of drug-likeness (QED) is 0.717. The largest absolute Gasteiger partial charge is 0.294 e. The highest BCUT2D eigenvalue weighted by Gasteiger charge is 2.21. The fourth-order valence-corrected chi connectivity index (χ4v) is 2.55. The first-order valence-electron chi connectivity index (χ1n) is 6.41. The van der Waals surface area contributed by atoms with Crippen LogP contribution in [0.1, 0.15) is 16.2 Å². The Morgan fingerprint density at radius 3 is 2.81 bits per heavy atom. The number of nitrogens with zero attached hydrogens (tertiary/aromatic N) is 4. The zero-order chi connectivity index (χ0) is 15.0. The van der Waals surface area contributed by atoms with Crippen molar-refractivity contribution in [2.24, 2.45) is 0 Å². The summed E-state index contributed by atoms with van der Waals surface area (Å²) < 4.78 is 2.68. The highest BCUT2D eigenvalue weighted by atomic mass is 79.9. The highest BCUT2D eigenvalue weighted by molar-refractivity contribution is 9.10. The smallest absolute Gasteiger partial charge is 0.278 e. The van der Waals surface area contributed by atoms with Gasteiger partial charge in [0.1, 0.15) is 17.2 Å². The molecule has 0 bridgehead atoms. The van der Waals surface area contributed by atoms with Gasteiger partial charge in [0, 0.05) is 23.9 Å². The molecule has 106 valence electrons. The van der Waals surface area contributed by atoms with Crippen molar-refractivity contribution in [2.45, 2.75) is 6.92 Å². The number of halogens is 1. The molecule has 0 fully saturated rings. The van der Waals surface area contributed by atoms with E-state index in [0.29, 0.717) is 17.2 Å². The number of rotatable bonds is 2.